The maximum absolute atomic E-state index is 13.3. The van der Waals surface area contributed by atoms with E-state index in [1.54, 1.807) is 29.3 Å². The minimum atomic E-state index is -4.42. The number of nitrogens with zero attached hydrogens (tertiary/aromatic N) is 3. The Morgan fingerprint density at radius 3 is 2.33 bits per heavy atom. The van der Waals surface area contributed by atoms with Crippen molar-refractivity contribution in [2.45, 2.75) is 42.5 Å². The highest BCUT2D eigenvalue weighted by Crippen LogP contribution is 2.39. The molecule has 5 nitrogen and oxygen atoms in total. The Kier molecular flexibility index (Phi) is 6.50. The molecule has 1 aromatic carbocycles. The number of carbonyl (C=O) groups excluding carboxylic acids is 1. The maximum Gasteiger partial charge on any atom is 0.416 e. The van der Waals surface area contributed by atoms with Crippen LogP contribution < -0.4 is 4.90 Å². The number of carbonyl (C=O) groups is 1. The van der Waals surface area contributed by atoms with Crippen molar-refractivity contribution in [3.8, 4) is 0 Å². The van der Waals surface area contributed by atoms with Crippen LogP contribution in [0.15, 0.2) is 52.5 Å². The fraction of sp³-hybridized carbons (Fsp3) is 0.429. The zero-order chi connectivity index (χ0) is 21.9. The summed E-state index contributed by atoms with van der Waals surface area (Å²) in [5, 5.41) is 0.616. The molecule has 9 heteroatoms. The summed E-state index contributed by atoms with van der Waals surface area (Å²) >= 11 is 1.20. The van der Waals surface area contributed by atoms with Crippen LogP contribution in [0.1, 0.15) is 26.3 Å². The molecule has 0 unspecified atom stereocenters. The van der Waals surface area contributed by atoms with Crippen molar-refractivity contribution in [2.75, 3.05) is 31.1 Å². The molecule has 2 aromatic rings. The molecule has 0 atom stereocenters. The number of ether oxygens (including phenoxy) is 1. The lowest BCUT2D eigenvalue weighted by atomic mass is 10.1. The number of aromatic nitrogens is 1. The Labute approximate surface area is 178 Å². The normalized spacial score (nSPS) is 15.3. The van der Waals surface area contributed by atoms with Gasteiger partial charge in [-0.15, -0.1) is 0 Å². The first-order chi connectivity index (χ1) is 14.0. The molecule has 1 fully saturated rings. The van der Waals surface area contributed by atoms with Crippen LogP contribution in [0.3, 0.4) is 0 Å². The largest absolute Gasteiger partial charge is 0.444 e. The highest BCUT2D eigenvalue weighted by atomic mass is 32.2. The van der Waals surface area contributed by atoms with Gasteiger partial charge >= 0.3 is 12.3 Å². The second kappa shape index (κ2) is 8.75. The van der Waals surface area contributed by atoms with Crippen LogP contribution >= 0.6 is 11.8 Å². The van der Waals surface area contributed by atoms with Gasteiger partial charge in [-0.05, 0) is 51.1 Å². The van der Waals surface area contributed by atoms with E-state index in [1.165, 1.54) is 17.8 Å². The fourth-order valence-electron chi connectivity index (χ4n) is 3.01. The van der Waals surface area contributed by atoms with Gasteiger partial charge in [-0.3, -0.25) is 0 Å². The van der Waals surface area contributed by atoms with E-state index in [9.17, 15) is 18.0 Å². The predicted octanol–water partition coefficient (Wildman–Crippen LogP) is 5.31. The van der Waals surface area contributed by atoms with E-state index < -0.39 is 17.3 Å². The van der Waals surface area contributed by atoms with Crippen LogP contribution in [0.4, 0.5) is 23.7 Å². The Hall–Kier alpha value is -2.42. The van der Waals surface area contributed by atoms with Gasteiger partial charge in [0.1, 0.15) is 10.6 Å². The van der Waals surface area contributed by atoms with E-state index in [1.807, 2.05) is 25.7 Å². The number of rotatable bonds is 3. The number of amides is 1. The number of hydrogen-bond acceptors (Lipinski definition) is 5. The Bertz CT molecular complexity index is 877. The smallest absolute Gasteiger partial charge is 0.416 e. The average Bonchev–Trinajstić information content (AvgIpc) is 2.67. The average molecular weight is 440 g/mol. The molecule has 1 saturated heterocycles. The molecule has 0 N–H and O–H groups in total. The number of piperazine rings is 1. The SMILES string of the molecule is CC(C)(C)OC(=O)N1CCN(c2ccc(C(F)(F)F)cc2Sc2ccccn2)CC1. The number of pyridine rings is 1. The summed E-state index contributed by atoms with van der Waals surface area (Å²) in [6, 6.07) is 9.06. The van der Waals surface area contributed by atoms with Crippen LogP contribution in [0.5, 0.6) is 0 Å². The molecule has 3 rings (SSSR count). The molecule has 1 aliphatic rings. The number of benzene rings is 1. The Balaban J connectivity index is 1.79. The van der Waals surface area contributed by atoms with E-state index in [-0.39, 0.29) is 6.09 Å². The highest BCUT2D eigenvalue weighted by Gasteiger charge is 2.32. The molecule has 30 heavy (non-hydrogen) atoms. The van der Waals surface area contributed by atoms with E-state index >= 15 is 0 Å². The zero-order valence-corrected chi connectivity index (χ0v) is 17.9. The van der Waals surface area contributed by atoms with Gasteiger partial charge in [-0.25, -0.2) is 9.78 Å². The summed E-state index contributed by atoms with van der Waals surface area (Å²) in [6.45, 7) is 7.30. The Morgan fingerprint density at radius 2 is 1.77 bits per heavy atom. The monoisotopic (exact) mass is 439 g/mol. The number of hydrogen-bond donors (Lipinski definition) is 0. The number of halogens is 3. The Morgan fingerprint density at radius 1 is 1.07 bits per heavy atom. The first-order valence-corrected chi connectivity index (χ1v) is 10.4. The van der Waals surface area contributed by atoms with Crippen LogP contribution in [-0.2, 0) is 10.9 Å². The van der Waals surface area contributed by atoms with E-state index in [4.69, 9.17) is 4.74 Å². The molecular formula is C21H24F3N3O2S. The molecule has 0 bridgehead atoms. The molecule has 1 aliphatic heterocycles. The van der Waals surface area contributed by atoms with Crippen LogP contribution in [-0.4, -0.2) is 47.8 Å². The quantitative estimate of drug-likeness (QED) is 0.649. The van der Waals surface area contributed by atoms with Gasteiger partial charge in [0.25, 0.3) is 0 Å². The summed E-state index contributed by atoms with van der Waals surface area (Å²) in [6.07, 6.45) is -3.19. The molecular weight excluding hydrogens is 415 g/mol. The predicted molar refractivity (Wildman–Crippen MR) is 110 cm³/mol. The van der Waals surface area contributed by atoms with Crippen molar-refractivity contribution >= 4 is 23.5 Å². The minimum Gasteiger partial charge on any atom is -0.444 e. The molecule has 0 radical (unpaired) electrons. The minimum absolute atomic E-state index is 0.377. The van der Waals surface area contributed by atoms with E-state index in [0.717, 1.165) is 12.1 Å². The standard InChI is InChI=1S/C21H24F3N3O2S/c1-20(2,3)29-19(28)27-12-10-26(11-13-27)16-8-7-15(21(22,23)24)14-17(16)30-18-6-4-5-9-25-18/h4-9,14H,10-13H2,1-3H3. The third-order valence-electron chi connectivity index (χ3n) is 4.41. The first kappa shape index (κ1) is 22.3. The first-order valence-electron chi connectivity index (χ1n) is 9.56. The molecule has 162 valence electrons. The van der Waals surface area contributed by atoms with Crippen LogP contribution in [0, 0.1) is 0 Å². The van der Waals surface area contributed by atoms with Gasteiger partial charge in [0.2, 0.25) is 0 Å². The van der Waals surface area contributed by atoms with E-state index in [0.29, 0.717) is 41.8 Å². The summed E-state index contributed by atoms with van der Waals surface area (Å²) < 4.78 is 45.2. The van der Waals surface area contributed by atoms with Crippen LogP contribution in [0.25, 0.3) is 0 Å². The molecule has 1 aromatic heterocycles. The molecule has 0 saturated carbocycles. The maximum atomic E-state index is 13.3. The van der Waals surface area contributed by atoms with Crippen molar-refractivity contribution in [1.29, 1.82) is 0 Å². The van der Waals surface area contributed by atoms with Crippen molar-refractivity contribution in [3.05, 3.63) is 48.2 Å². The summed E-state index contributed by atoms with van der Waals surface area (Å²) in [5.74, 6) is 0. The summed E-state index contributed by atoms with van der Waals surface area (Å²) in [7, 11) is 0. The lowest BCUT2D eigenvalue weighted by molar-refractivity contribution is -0.137. The van der Waals surface area contributed by atoms with Crippen LogP contribution in [0.2, 0.25) is 0 Å². The van der Waals surface area contributed by atoms with Gasteiger partial charge in [0, 0.05) is 37.3 Å². The summed E-state index contributed by atoms with van der Waals surface area (Å²) in [4.78, 5) is 20.6. The molecule has 0 aliphatic carbocycles. The van der Waals surface area contributed by atoms with Gasteiger partial charge in [-0.1, -0.05) is 17.8 Å². The van der Waals surface area contributed by atoms with Crippen molar-refractivity contribution in [3.63, 3.8) is 0 Å². The highest BCUT2D eigenvalue weighted by molar-refractivity contribution is 7.99. The number of anilines is 1. The zero-order valence-electron chi connectivity index (χ0n) is 17.1. The fourth-order valence-corrected chi connectivity index (χ4v) is 3.98. The lowest BCUT2D eigenvalue weighted by Crippen LogP contribution is -2.50. The topological polar surface area (TPSA) is 45.7 Å². The molecule has 2 heterocycles. The van der Waals surface area contributed by atoms with Crippen molar-refractivity contribution in [1.82, 2.24) is 9.88 Å². The summed E-state index contributed by atoms with van der Waals surface area (Å²) in [5.41, 5.74) is -0.576. The van der Waals surface area contributed by atoms with Gasteiger partial charge in [-0.2, -0.15) is 13.2 Å². The van der Waals surface area contributed by atoms with Gasteiger partial charge in [0.05, 0.1) is 11.3 Å². The molecule has 0 spiro atoms. The van der Waals surface area contributed by atoms with E-state index in [2.05, 4.69) is 4.98 Å². The van der Waals surface area contributed by atoms with Crippen molar-refractivity contribution in [2.24, 2.45) is 0 Å². The van der Waals surface area contributed by atoms with Crippen molar-refractivity contribution < 1.29 is 22.7 Å². The molecule has 1 amide bonds. The third kappa shape index (κ3) is 5.81. The van der Waals surface area contributed by atoms with Gasteiger partial charge in [0.15, 0.2) is 0 Å². The lowest BCUT2D eigenvalue weighted by Gasteiger charge is -2.37. The van der Waals surface area contributed by atoms with Gasteiger partial charge < -0.3 is 14.5 Å². The second-order valence-corrected chi connectivity index (χ2v) is 8.97. The number of alkyl halides is 3. The third-order valence-corrected chi connectivity index (χ3v) is 5.41. The second-order valence-electron chi connectivity index (χ2n) is 7.90.